The molecule has 1 aliphatic heterocycles. The minimum atomic E-state index is -4.98. The van der Waals surface area contributed by atoms with Crippen LogP contribution in [0.1, 0.15) is 24.8 Å². The number of nitro groups is 2. The van der Waals surface area contributed by atoms with Gasteiger partial charge in [0, 0.05) is 25.2 Å². The van der Waals surface area contributed by atoms with Crippen molar-refractivity contribution in [3.05, 3.63) is 37.9 Å². The predicted octanol–water partition coefficient (Wildman–Crippen LogP) is 3.30. The Bertz CT molecular complexity index is 824. The van der Waals surface area contributed by atoms with Crippen LogP contribution in [0.3, 0.4) is 0 Å². The Labute approximate surface area is 156 Å². The molecule has 2 fully saturated rings. The van der Waals surface area contributed by atoms with Gasteiger partial charge in [0.15, 0.2) is 5.69 Å². The molecule has 0 N–H and O–H groups in total. The third kappa shape index (κ3) is 3.02. The molecule has 2 atom stereocenters. The normalized spacial score (nSPS) is 24.1. The number of rotatable bonds is 4. The molecule has 1 aromatic carbocycles. The molecule has 1 heterocycles. The van der Waals surface area contributed by atoms with Crippen LogP contribution in [0.15, 0.2) is 12.1 Å². The maximum absolute atomic E-state index is 13.1. The summed E-state index contributed by atoms with van der Waals surface area (Å²) >= 11 is 0. The maximum Gasteiger partial charge on any atom is 0.416 e. The highest BCUT2D eigenvalue weighted by Crippen LogP contribution is 2.53. The summed E-state index contributed by atoms with van der Waals surface area (Å²) in [4.78, 5) is 34.4. The topological polar surface area (TPSA) is 116 Å². The van der Waals surface area contributed by atoms with Crippen molar-refractivity contribution in [2.75, 3.05) is 25.1 Å². The number of fused-ring (bicyclic) bond motifs is 1. The van der Waals surface area contributed by atoms with Gasteiger partial charge in [0.1, 0.15) is 0 Å². The lowest BCUT2D eigenvalue weighted by molar-refractivity contribution is -0.393. The van der Waals surface area contributed by atoms with Gasteiger partial charge in [-0.1, -0.05) is 6.42 Å². The minimum absolute atomic E-state index is 0.0855. The number of anilines is 1. The summed E-state index contributed by atoms with van der Waals surface area (Å²) in [6, 6.07) is 0.586. The average molecular weight is 403 g/mol. The summed E-state index contributed by atoms with van der Waals surface area (Å²) < 4.78 is 44.1. The van der Waals surface area contributed by atoms with Crippen molar-refractivity contribution in [1.29, 1.82) is 0 Å². The van der Waals surface area contributed by atoms with E-state index >= 15 is 0 Å². The summed E-state index contributed by atoms with van der Waals surface area (Å²) in [7, 11) is 1.21. The number of nitro benzene ring substituents is 2. The molecule has 2 unspecified atom stereocenters. The van der Waals surface area contributed by atoms with E-state index in [1.54, 1.807) is 0 Å². The van der Waals surface area contributed by atoms with Gasteiger partial charge in [0.25, 0.3) is 11.4 Å². The number of methoxy groups -OCH3 is 1. The van der Waals surface area contributed by atoms with E-state index in [9.17, 15) is 38.2 Å². The Morgan fingerprint density at radius 3 is 2.29 bits per heavy atom. The second-order valence-electron chi connectivity index (χ2n) is 6.99. The summed E-state index contributed by atoms with van der Waals surface area (Å²) in [5.74, 6) is -0.767. The van der Waals surface area contributed by atoms with Crippen LogP contribution in [0.25, 0.3) is 0 Å². The fraction of sp³-hybridized carbons (Fsp3) is 0.562. The molecule has 2 aliphatic rings. The van der Waals surface area contributed by atoms with Gasteiger partial charge < -0.3 is 9.64 Å². The van der Waals surface area contributed by atoms with Gasteiger partial charge in [0.05, 0.1) is 27.9 Å². The molecule has 0 spiro atoms. The Hall–Kier alpha value is -2.92. The quantitative estimate of drug-likeness (QED) is 0.430. The molecule has 0 bridgehead atoms. The first-order valence-electron chi connectivity index (χ1n) is 8.38. The number of ether oxygens (including phenoxy) is 1. The highest BCUT2D eigenvalue weighted by atomic mass is 19.4. The molecule has 3 rings (SSSR count). The smallest absolute Gasteiger partial charge is 0.416 e. The molecule has 12 heteroatoms. The first kappa shape index (κ1) is 19.8. The zero-order chi connectivity index (χ0) is 20.9. The third-order valence-electron chi connectivity index (χ3n) is 5.57. The van der Waals surface area contributed by atoms with Crippen LogP contribution in [-0.4, -0.2) is 36.0 Å². The van der Waals surface area contributed by atoms with Crippen molar-refractivity contribution in [3.8, 4) is 0 Å². The summed E-state index contributed by atoms with van der Waals surface area (Å²) in [6.07, 6.45) is -3.19. The molecular formula is C16H16F3N3O6. The molecular weight excluding hydrogens is 387 g/mol. The zero-order valence-corrected chi connectivity index (χ0v) is 14.7. The van der Waals surface area contributed by atoms with Crippen LogP contribution in [0.4, 0.5) is 30.2 Å². The molecule has 1 saturated carbocycles. The third-order valence-corrected chi connectivity index (χ3v) is 5.57. The number of nitrogens with zero attached hydrogens (tertiary/aromatic N) is 3. The Morgan fingerprint density at radius 1 is 1.25 bits per heavy atom. The predicted molar refractivity (Wildman–Crippen MR) is 88.8 cm³/mol. The van der Waals surface area contributed by atoms with E-state index in [2.05, 4.69) is 0 Å². The van der Waals surface area contributed by atoms with E-state index in [1.807, 2.05) is 0 Å². The van der Waals surface area contributed by atoms with Gasteiger partial charge in [-0.25, -0.2) is 0 Å². The van der Waals surface area contributed by atoms with Crippen LogP contribution < -0.4 is 4.90 Å². The molecule has 0 radical (unpaired) electrons. The number of carbonyl (C=O) groups is 1. The largest absolute Gasteiger partial charge is 0.469 e. The van der Waals surface area contributed by atoms with Gasteiger partial charge in [-0.05, 0) is 18.8 Å². The Morgan fingerprint density at radius 2 is 1.82 bits per heavy atom. The molecule has 0 aromatic heterocycles. The van der Waals surface area contributed by atoms with Gasteiger partial charge in [-0.3, -0.25) is 25.0 Å². The number of esters is 1. The highest BCUT2D eigenvalue weighted by Gasteiger charge is 2.57. The summed E-state index contributed by atoms with van der Waals surface area (Å²) in [5, 5.41) is 22.9. The lowest BCUT2D eigenvalue weighted by Crippen LogP contribution is -2.37. The van der Waals surface area contributed by atoms with Gasteiger partial charge >= 0.3 is 12.1 Å². The summed E-state index contributed by atoms with van der Waals surface area (Å²) in [6.45, 7) is -0.000467. The van der Waals surface area contributed by atoms with E-state index in [0.29, 0.717) is 25.0 Å². The molecule has 1 aliphatic carbocycles. The van der Waals surface area contributed by atoms with Gasteiger partial charge in [0.2, 0.25) is 0 Å². The maximum atomic E-state index is 13.1. The van der Waals surface area contributed by atoms with Crippen LogP contribution in [-0.2, 0) is 15.7 Å². The summed E-state index contributed by atoms with van der Waals surface area (Å²) in [5.41, 5.74) is -4.99. The Kier molecular flexibility index (Phi) is 4.68. The average Bonchev–Trinajstić information content (AvgIpc) is 3.16. The van der Waals surface area contributed by atoms with E-state index < -0.39 is 50.0 Å². The number of halogens is 3. The SMILES string of the molecule is COC(=O)C12CCCC1CN(c1c([N+](=O)[O-])cc(C(F)(F)F)cc1[N+](=O)[O-])C2. The Balaban J connectivity index is 2.15. The van der Waals surface area contributed by atoms with Crippen molar-refractivity contribution in [3.63, 3.8) is 0 Å². The van der Waals surface area contributed by atoms with Crippen molar-refractivity contribution in [1.82, 2.24) is 0 Å². The molecule has 0 amide bonds. The van der Waals surface area contributed by atoms with E-state index in [-0.39, 0.29) is 19.0 Å². The number of hydrogen-bond donors (Lipinski definition) is 0. The van der Waals surface area contributed by atoms with Crippen LogP contribution >= 0.6 is 0 Å². The molecule has 1 aromatic rings. The highest BCUT2D eigenvalue weighted by molar-refractivity contribution is 5.83. The second-order valence-corrected chi connectivity index (χ2v) is 6.99. The number of hydrogen-bond acceptors (Lipinski definition) is 7. The van der Waals surface area contributed by atoms with Gasteiger partial charge in [-0.2, -0.15) is 13.2 Å². The van der Waals surface area contributed by atoms with E-state index in [1.165, 1.54) is 12.0 Å². The van der Waals surface area contributed by atoms with Gasteiger partial charge in [-0.15, -0.1) is 0 Å². The fourth-order valence-electron chi connectivity index (χ4n) is 4.37. The molecule has 9 nitrogen and oxygen atoms in total. The second kappa shape index (κ2) is 6.60. The van der Waals surface area contributed by atoms with E-state index in [0.717, 1.165) is 6.42 Å². The zero-order valence-electron chi connectivity index (χ0n) is 14.7. The van der Waals surface area contributed by atoms with Crippen molar-refractivity contribution >= 4 is 23.0 Å². The van der Waals surface area contributed by atoms with Crippen LogP contribution in [0.5, 0.6) is 0 Å². The van der Waals surface area contributed by atoms with Crippen molar-refractivity contribution < 1.29 is 32.5 Å². The first-order valence-corrected chi connectivity index (χ1v) is 8.38. The molecule has 1 saturated heterocycles. The number of carbonyl (C=O) groups excluding carboxylic acids is 1. The minimum Gasteiger partial charge on any atom is -0.469 e. The number of alkyl halides is 3. The molecule has 28 heavy (non-hydrogen) atoms. The first-order chi connectivity index (χ1) is 13.0. The lowest BCUT2D eigenvalue weighted by Gasteiger charge is -2.25. The molecule has 152 valence electrons. The lowest BCUT2D eigenvalue weighted by atomic mass is 9.81. The van der Waals surface area contributed by atoms with Crippen molar-refractivity contribution in [2.24, 2.45) is 11.3 Å². The van der Waals surface area contributed by atoms with Crippen LogP contribution in [0, 0.1) is 31.6 Å². The van der Waals surface area contributed by atoms with Crippen LogP contribution in [0.2, 0.25) is 0 Å². The number of benzene rings is 1. The van der Waals surface area contributed by atoms with E-state index in [4.69, 9.17) is 4.74 Å². The van der Waals surface area contributed by atoms with Crippen molar-refractivity contribution in [2.45, 2.75) is 25.4 Å². The monoisotopic (exact) mass is 403 g/mol. The fourth-order valence-corrected chi connectivity index (χ4v) is 4.37. The standard InChI is InChI=1S/C16H16F3N3O6/c1-28-14(23)15-4-2-3-9(15)7-20(8-15)13-11(21(24)25)5-10(16(17,18)19)6-12(13)22(26)27/h5-6,9H,2-4,7-8H2,1H3.